The van der Waals surface area contributed by atoms with E-state index in [9.17, 15) is 23.8 Å². The van der Waals surface area contributed by atoms with Crippen molar-refractivity contribution in [2.75, 3.05) is 11.5 Å². The number of aliphatic hydroxyl groups is 2. The fourth-order valence-corrected chi connectivity index (χ4v) is 3.38. The summed E-state index contributed by atoms with van der Waals surface area (Å²) in [5.41, 5.74) is -0.178. The first-order valence-corrected chi connectivity index (χ1v) is 7.96. The number of hydrogen-bond donors (Lipinski definition) is 2. The van der Waals surface area contributed by atoms with Crippen LogP contribution in [0.1, 0.15) is 31.0 Å². The lowest BCUT2D eigenvalue weighted by Gasteiger charge is -2.33. The van der Waals surface area contributed by atoms with E-state index in [-0.39, 0.29) is 11.3 Å². The van der Waals surface area contributed by atoms with Crippen molar-refractivity contribution in [1.29, 1.82) is 0 Å². The number of benzene rings is 2. The summed E-state index contributed by atoms with van der Waals surface area (Å²) in [6.45, 7) is 2.68. The van der Waals surface area contributed by atoms with Crippen molar-refractivity contribution < 1.29 is 23.8 Å². The Bertz CT molecular complexity index is 822. The van der Waals surface area contributed by atoms with Crippen molar-refractivity contribution in [3.8, 4) is 0 Å². The van der Waals surface area contributed by atoms with E-state index < -0.39 is 41.7 Å². The quantitative estimate of drug-likeness (QED) is 0.894. The number of para-hydroxylation sites is 1. The van der Waals surface area contributed by atoms with Crippen LogP contribution in [0.5, 0.6) is 0 Å². The largest absolute Gasteiger partial charge is 0.394 e. The van der Waals surface area contributed by atoms with Crippen LogP contribution in [-0.4, -0.2) is 28.8 Å². The molecule has 3 rings (SSSR count). The van der Waals surface area contributed by atoms with Crippen LogP contribution in [0, 0.1) is 11.6 Å². The molecule has 1 amide bonds. The van der Waals surface area contributed by atoms with Gasteiger partial charge in [-0.3, -0.25) is 9.69 Å². The molecular weight excluding hydrogens is 328 g/mol. The normalized spacial score (nSPS) is 18.2. The minimum Gasteiger partial charge on any atom is -0.394 e. The number of aliphatic hydroxyl groups excluding tert-OH is 2. The van der Waals surface area contributed by atoms with Crippen molar-refractivity contribution in [2.45, 2.75) is 31.4 Å². The molecule has 0 fully saturated rings. The van der Waals surface area contributed by atoms with Crippen molar-refractivity contribution in [1.82, 2.24) is 0 Å². The van der Waals surface area contributed by atoms with E-state index in [1.807, 2.05) is 0 Å². The zero-order valence-electron chi connectivity index (χ0n) is 13.9. The highest BCUT2D eigenvalue weighted by Gasteiger charge is 2.49. The number of hydrogen-bond acceptors (Lipinski definition) is 3. The molecule has 4 nitrogen and oxygen atoms in total. The highest BCUT2D eigenvalue weighted by atomic mass is 19.1. The summed E-state index contributed by atoms with van der Waals surface area (Å²) in [7, 11) is 0. The summed E-state index contributed by atoms with van der Waals surface area (Å²) < 4.78 is 28.3. The van der Waals surface area contributed by atoms with Crippen LogP contribution >= 0.6 is 0 Å². The summed E-state index contributed by atoms with van der Waals surface area (Å²) in [4.78, 5) is 14.2. The zero-order valence-corrected chi connectivity index (χ0v) is 13.9. The number of carbonyl (C=O) groups excluding carboxylic acids is 1. The number of halogens is 2. The first kappa shape index (κ1) is 17.5. The van der Waals surface area contributed by atoms with Gasteiger partial charge in [0.05, 0.1) is 23.8 Å². The minimum atomic E-state index is -1.40. The van der Waals surface area contributed by atoms with Gasteiger partial charge in [-0.15, -0.1) is 0 Å². The lowest BCUT2D eigenvalue weighted by atomic mass is 9.86. The molecule has 2 atom stereocenters. The van der Waals surface area contributed by atoms with Crippen molar-refractivity contribution in [3.63, 3.8) is 0 Å². The number of amides is 1. The van der Waals surface area contributed by atoms with Gasteiger partial charge in [-0.25, -0.2) is 8.78 Å². The lowest BCUT2D eigenvalue weighted by Crippen LogP contribution is -2.44. The van der Waals surface area contributed by atoms with Crippen molar-refractivity contribution in [3.05, 3.63) is 65.2 Å². The standard InChI is InChI=1S/C19H19F2NO3/c1-19(2)13-7-4-8-14(21)17(13)22(18(19)25)16(15(24)10-23)11-5-3-6-12(20)9-11/h3-9,15-16,23-24H,10H2,1-2H3/t15-,16?/m1/s1. The van der Waals surface area contributed by atoms with E-state index in [0.29, 0.717) is 5.56 Å². The third kappa shape index (κ3) is 2.71. The SMILES string of the molecule is CC1(C)C(=O)N(C(c2cccc(F)c2)[C@H](O)CO)c2c(F)cccc21. The maximum absolute atomic E-state index is 14.6. The predicted octanol–water partition coefficient (Wildman–Crippen LogP) is 2.68. The molecule has 0 saturated carbocycles. The third-order valence-corrected chi connectivity index (χ3v) is 4.67. The average Bonchev–Trinajstić information content (AvgIpc) is 2.77. The Morgan fingerprint density at radius 2 is 1.84 bits per heavy atom. The maximum Gasteiger partial charge on any atom is 0.237 e. The molecule has 2 N–H and O–H groups in total. The van der Waals surface area contributed by atoms with Gasteiger partial charge in [-0.1, -0.05) is 24.3 Å². The molecule has 0 bridgehead atoms. The fraction of sp³-hybridized carbons (Fsp3) is 0.316. The summed E-state index contributed by atoms with van der Waals surface area (Å²) in [5, 5.41) is 19.8. The second kappa shape index (κ2) is 6.20. The van der Waals surface area contributed by atoms with Gasteiger partial charge < -0.3 is 10.2 Å². The van der Waals surface area contributed by atoms with E-state index in [2.05, 4.69) is 0 Å². The second-order valence-corrected chi connectivity index (χ2v) is 6.69. The fourth-order valence-electron chi connectivity index (χ4n) is 3.38. The predicted molar refractivity (Wildman–Crippen MR) is 89.1 cm³/mol. The van der Waals surface area contributed by atoms with E-state index in [4.69, 9.17) is 0 Å². The molecule has 2 aromatic carbocycles. The Kier molecular flexibility index (Phi) is 4.34. The molecule has 1 unspecified atom stereocenters. The molecule has 0 radical (unpaired) electrons. The highest BCUT2D eigenvalue weighted by Crippen LogP contribution is 2.47. The number of rotatable bonds is 4. The summed E-state index contributed by atoms with van der Waals surface area (Å²) in [5.74, 6) is -1.58. The Balaban J connectivity index is 2.22. The first-order chi connectivity index (χ1) is 11.8. The monoisotopic (exact) mass is 347 g/mol. The molecule has 6 heteroatoms. The van der Waals surface area contributed by atoms with Crippen LogP contribution in [0.15, 0.2) is 42.5 Å². The summed E-state index contributed by atoms with van der Waals surface area (Å²) in [6, 6.07) is 8.68. The number of carbonyl (C=O) groups is 1. The van der Waals surface area contributed by atoms with Gasteiger partial charge in [0.25, 0.3) is 0 Å². The van der Waals surface area contributed by atoms with Gasteiger partial charge in [0.15, 0.2) is 0 Å². The highest BCUT2D eigenvalue weighted by molar-refractivity contribution is 6.08. The zero-order chi connectivity index (χ0) is 18.4. The second-order valence-electron chi connectivity index (χ2n) is 6.69. The maximum atomic E-state index is 14.6. The number of fused-ring (bicyclic) bond motifs is 1. The molecule has 132 valence electrons. The third-order valence-electron chi connectivity index (χ3n) is 4.67. The van der Waals surface area contributed by atoms with E-state index in [0.717, 1.165) is 4.90 Å². The van der Waals surface area contributed by atoms with Gasteiger partial charge in [0, 0.05) is 0 Å². The number of anilines is 1. The van der Waals surface area contributed by atoms with Gasteiger partial charge in [0.1, 0.15) is 17.7 Å². The molecule has 1 aliphatic rings. The molecule has 0 aromatic heterocycles. The smallest absolute Gasteiger partial charge is 0.237 e. The van der Waals surface area contributed by atoms with Crippen LogP contribution in [0.2, 0.25) is 0 Å². The molecule has 0 spiro atoms. The Labute approximate surface area is 144 Å². The molecule has 25 heavy (non-hydrogen) atoms. The van der Waals surface area contributed by atoms with Crippen molar-refractivity contribution >= 4 is 11.6 Å². The Hall–Kier alpha value is -2.31. The van der Waals surface area contributed by atoms with Crippen LogP contribution < -0.4 is 4.90 Å². The molecule has 0 aliphatic carbocycles. The summed E-state index contributed by atoms with van der Waals surface area (Å²) in [6.07, 6.45) is -1.40. The van der Waals surface area contributed by atoms with Crippen LogP contribution in [0.4, 0.5) is 14.5 Å². The lowest BCUT2D eigenvalue weighted by molar-refractivity contribution is -0.123. The average molecular weight is 347 g/mol. The van der Waals surface area contributed by atoms with Crippen LogP contribution in [0.3, 0.4) is 0 Å². The van der Waals surface area contributed by atoms with Gasteiger partial charge in [0.2, 0.25) is 5.91 Å². The van der Waals surface area contributed by atoms with Crippen LogP contribution in [-0.2, 0) is 10.2 Å². The van der Waals surface area contributed by atoms with Crippen LogP contribution in [0.25, 0.3) is 0 Å². The number of nitrogens with zero attached hydrogens (tertiary/aromatic N) is 1. The molecule has 1 aliphatic heterocycles. The molecular formula is C19H19F2NO3. The van der Waals surface area contributed by atoms with E-state index in [1.165, 1.54) is 36.4 Å². The molecule has 1 heterocycles. The topological polar surface area (TPSA) is 60.8 Å². The minimum absolute atomic E-state index is 0.0549. The van der Waals surface area contributed by atoms with Gasteiger partial charge in [-0.05, 0) is 43.2 Å². The Morgan fingerprint density at radius 1 is 1.16 bits per heavy atom. The molecule has 0 saturated heterocycles. The van der Waals surface area contributed by atoms with Gasteiger partial charge in [-0.2, -0.15) is 0 Å². The first-order valence-electron chi connectivity index (χ1n) is 7.96. The van der Waals surface area contributed by atoms with E-state index in [1.54, 1.807) is 19.9 Å². The molecule has 2 aromatic rings. The Morgan fingerprint density at radius 3 is 2.48 bits per heavy atom. The van der Waals surface area contributed by atoms with Gasteiger partial charge >= 0.3 is 0 Å². The summed E-state index contributed by atoms with van der Waals surface area (Å²) >= 11 is 0. The van der Waals surface area contributed by atoms with Crippen molar-refractivity contribution in [2.24, 2.45) is 0 Å². The van der Waals surface area contributed by atoms with E-state index >= 15 is 0 Å².